The molecule has 0 unspecified atom stereocenters. The van der Waals surface area contributed by atoms with Gasteiger partial charge in [-0.05, 0) is 12.1 Å². The Balaban J connectivity index is 1.74. The Bertz CT molecular complexity index is 1040. The van der Waals surface area contributed by atoms with Gasteiger partial charge in [0.25, 0.3) is 5.56 Å². The van der Waals surface area contributed by atoms with E-state index in [-0.39, 0.29) is 5.56 Å². The van der Waals surface area contributed by atoms with E-state index in [9.17, 15) is 4.79 Å². The molecule has 0 fully saturated rings. The lowest BCUT2D eigenvalue weighted by molar-refractivity contribution is 0.775. The van der Waals surface area contributed by atoms with Crippen LogP contribution < -0.4 is 10.9 Å². The number of aryl methyl sites for hydroxylation is 1. The van der Waals surface area contributed by atoms with Crippen molar-refractivity contribution in [1.82, 2.24) is 29.1 Å². The van der Waals surface area contributed by atoms with E-state index in [0.29, 0.717) is 11.5 Å². The van der Waals surface area contributed by atoms with Crippen molar-refractivity contribution in [1.29, 1.82) is 0 Å². The van der Waals surface area contributed by atoms with E-state index in [1.165, 1.54) is 0 Å². The number of aromatic amines is 1. The first-order valence-electron chi connectivity index (χ1n) is 6.98. The van der Waals surface area contributed by atoms with Gasteiger partial charge >= 0.3 is 0 Å². The monoisotopic (exact) mass is 307 g/mol. The number of H-pyrrole nitrogens is 1. The zero-order valence-corrected chi connectivity index (χ0v) is 12.3. The molecule has 0 bridgehead atoms. The van der Waals surface area contributed by atoms with E-state index in [0.717, 1.165) is 17.1 Å². The molecule has 8 nitrogen and oxygen atoms in total. The summed E-state index contributed by atoms with van der Waals surface area (Å²) < 4.78 is 3.47. The van der Waals surface area contributed by atoms with Crippen LogP contribution in [0.25, 0.3) is 16.8 Å². The van der Waals surface area contributed by atoms with E-state index < -0.39 is 0 Å². The Labute approximate surface area is 130 Å². The maximum absolute atomic E-state index is 11.8. The number of nitrogens with zero attached hydrogens (tertiary/aromatic N) is 5. The fourth-order valence-corrected chi connectivity index (χ4v) is 2.38. The highest BCUT2D eigenvalue weighted by atomic mass is 16.1. The maximum Gasteiger partial charge on any atom is 0.272 e. The molecule has 0 aliphatic heterocycles. The molecule has 0 spiro atoms. The van der Waals surface area contributed by atoms with Crippen LogP contribution in [-0.2, 0) is 7.05 Å². The van der Waals surface area contributed by atoms with Crippen molar-refractivity contribution in [3.8, 4) is 11.3 Å². The largest absolute Gasteiger partial charge is 0.326 e. The second kappa shape index (κ2) is 5.09. The van der Waals surface area contributed by atoms with E-state index >= 15 is 0 Å². The van der Waals surface area contributed by atoms with E-state index in [1.54, 1.807) is 46.0 Å². The van der Waals surface area contributed by atoms with Gasteiger partial charge in [0.2, 0.25) is 5.95 Å². The van der Waals surface area contributed by atoms with Gasteiger partial charge in [0.05, 0.1) is 11.9 Å². The molecule has 0 aliphatic rings. The molecule has 23 heavy (non-hydrogen) atoms. The highest BCUT2D eigenvalue weighted by molar-refractivity contribution is 5.67. The van der Waals surface area contributed by atoms with Gasteiger partial charge in [-0.15, -0.1) is 0 Å². The Morgan fingerprint density at radius 3 is 2.96 bits per heavy atom. The van der Waals surface area contributed by atoms with Crippen LogP contribution in [0.1, 0.15) is 0 Å². The van der Waals surface area contributed by atoms with Crippen molar-refractivity contribution >= 4 is 17.3 Å². The molecule has 4 aromatic rings. The fourth-order valence-electron chi connectivity index (χ4n) is 2.38. The molecule has 0 atom stereocenters. The minimum Gasteiger partial charge on any atom is -0.326 e. The van der Waals surface area contributed by atoms with Crippen molar-refractivity contribution in [2.75, 3.05) is 5.32 Å². The van der Waals surface area contributed by atoms with Gasteiger partial charge < -0.3 is 14.7 Å². The molecule has 0 amide bonds. The summed E-state index contributed by atoms with van der Waals surface area (Å²) in [5.74, 6) is 1.26. The van der Waals surface area contributed by atoms with Crippen molar-refractivity contribution < 1.29 is 0 Å². The third kappa shape index (κ3) is 2.35. The van der Waals surface area contributed by atoms with E-state index in [2.05, 4.69) is 25.4 Å². The molecule has 0 saturated carbocycles. The smallest absolute Gasteiger partial charge is 0.272 e. The topological polar surface area (TPSA) is 92.9 Å². The molecule has 4 rings (SSSR count). The molecular weight excluding hydrogens is 294 g/mol. The van der Waals surface area contributed by atoms with Gasteiger partial charge in [-0.3, -0.25) is 9.48 Å². The Kier molecular flexibility index (Phi) is 2.94. The third-order valence-corrected chi connectivity index (χ3v) is 3.54. The first-order chi connectivity index (χ1) is 11.2. The molecular formula is C15H13N7O. The van der Waals surface area contributed by atoms with Crippen molar-refractivity contribution in [3.63, 3.8) is 0 Å². The van der Waals surface area contributed by atoms with Gasteiger partial charge in [0.15, 0.2) is 0 Å². The molecule has 114 valence electrons. The van der Waals surface area contributed by atoms with Gasteiger partial charge in [-0.1, -0.05) is 0 Å². The highest BCUT2D eigenvalue weighted by Gasteiger charge is 2.08. The molecule has 8 heteroatoms. The van der Waals surface area contributed by atoms with Crippen LogP contribution in [0.3, 0.4) is 0 Å². The molecule has 0 saturated heterocycles. The molecule has 4 heterocycles. The summed E-state index contributed by atoms with van der Waals surface area (Å²) >= 11 is 0. The summed E-state index contributed by atoms with van der Waals surface area (Å²) in [6.45, 7) is 0. The minimum atomic E-state index is -0.138. The summed E-state index contributed by atoms with van der Waals surface area (Å²) in [7, 11) is 1.83. The standard InChI is InChI=1S/C15H13N7O/c1-21-13(3-5-18-21)20-15-17-4-2-11(19-15)10-8-12-14(23)16-6-7-22(12)9-10/h2-9H,1H3,(H,16,23)(H,17,19,20). The highest BCUT2D eigenvalue weighted by Crippen LogP contribution is 2.21. The van der Waals surface area contributed by atoms with Crippen molar-refractivity contribution in [2.24, 2.45) is 7.05 Å². The summed E-state index contributed by atoms with van der Waals surface area (Å²) in [5.41, 5.74) is 2.01. The zero-order valence-electron chi connectivity index (χ0n) is 12.3. The second-order valence-electron chi connectivity index (χ2n) is 5.04. The van der Waals surface area contributed by atoms with Gasteiger partial charge in [-0.25, -0.2) is 9.97 Å². The summed E-state index contributed by atoms with van der Waals surface area (Å²) in [4.78, 5) is 23.2. The summed E-state index contributed by atoms with van der Waals surface area (Å²) in [6, 6.07) is 5.44. The molecule has 4 aromatic heterocycles. The van der Waals surface area contributed by atoms with Crippen LogP contribution in [0.4, 0.5) is 11.8 Å². The Morgan fingerprint density at radius 2 is 2.17 bits per heavy atom. The van der Waals surface area contributed by atoms with Crippen LogP contribution in [-0.4, -0.2) is 29.1 Å². The predicted octanol–water partition coefficient (Wildman–Crippen LogP) is 1.56. The molecule has 0 aliphatic carbocycles. The molecule has 0 radical (unpaired) electrons. The lowest BCUT2D eigenvalue weighted by Gasteiger charge is -2.05. The van der Waals surface area contributed by atoms with E-state index in [1.807, 2.05) is 19.3 Å². The summed E-state index contributed by atoms with van der Waals surface area (Å²) in [5, 5.41) is 7.20. The normalized spacial score (nSPS) is 11.0. The fraction of sp³-hybridized carbons (Fsp3) is 0.0667. The van der Waals surface area contributed by atoms with Crippen LogP contribution >= 0.6 is 0 Å². The van der Waals surface area contributed by atoms with E-state index in [4.69, 9.17) is 0 Å². The predicted molar refractivity (Wildman–Crippen MR) is 85.5 cm³/mol. The van der Waals surface area contributed by atoms with Gasteiger partial charge in [-0.2, -0.15) is 5.10 Å². The summed E-state index contributed by atoms with van der Waals surface area (Å²) in [6.07, 6.45) is 8.62. The zero-order chi connectivity index (χ0) is 15.8. The number of anilines is 2. The number of hydrogen-bond acceptors (Lipinski definition) is 5. The van der Waals surface area contributed by atoms with Crippen LogP contribution in [0.2, 0.25) is 0 Å². The quantitative estimate of drug-likeness (QED) is 0.599. The van der Waals surface area contributed by atoms with Gasteiger partial charge in [0, 0.05) is 43.5 Å². The van der Waals surface area contributed by atoms with Crippen molar-refractivity contribution in [3.05, 3.63) is 59.5 Å². The molecule has 0 aromatic carbocycles. The number of nitrogens with one attached hydrogen (secondary N) is 2. The maximum atomic E-state index is 11.8. The lowest BCUT2D eigenvalue weighted by atomic mass is 10.2. The second-order valence-corrected chi connectivity index (χ2v) is 5.04. The number of hydrogen-bond donors (Lipinski definition) is 2. The Morgan fingerprint density at radius 1 is 1.26 bits per heavy atom. The average Bonchev–Trinajstić information content (AvgIpc) is 3.16. The lowest BCUT2D eigenvalue weighted by Crippen LogP contribution is -2.06. The van der Waals surface area contributed by atoms with Crippen LogP contribution in [0.15, 0.2) is 54.0 Å². The Hall–Kier alpha value is -3.42. The minimum absolute atomic E-state index is 0.138. The molecule has 2 N–H and O–H groups in total. The van der Waals surface area contributed by atoms with Crippen LogP contribution in [0, 0.1) is 0 Å². The number of aromatic nitrogens is 6. The third-order valence-electron chi connectivity index (χ3n) is 3.54. The van der Waals surface area contributed by atoms with Gasteiger partial charge in [0.1, 0.15) is 11.3 Å². The number of fused-ring (bicyclic) bond motifs is 1. The number of rotatable bonds is 3. The van der Waals surface area contributed by atoms with Crippen molar-refractivity contribution in [2.45, 2.75) is 0 Å². The average molecular weight is 307 g/mol. The first-order valence-corrected chi connectivity index (χ1v) is 6.98. The first kappa shape index (κ1) is 13.3. The SMILES string of the molecule is Cn1nccc1Nc1nccc(-c2cc3c(=O)[nH]ccn3c2)n1. The van der Waals surface area contributed by atoms with Crippen LogP contribution in [0.5, 0.6) is 0 Å².